The molecule has 0 fully saturated rings. The summed E-state index contributed by atoms with van der Waals surface area (Å²) in [7, 11) is 1.94. The molecular formula is C7H11N5. The van der Waals surface area contributed by atoms with Crippen LogP contribution in [0.4, 0.5) is 0 Å². The maximum absolute atomic E-state index is 5.47. The van der Waals surface area contributed by atoms with Crippen molar-refractivity contribution in [3.8, 4) is 0 Å². The summed E-state index contributed by atoms with van der Waals surface area (Å²) in [6, 6.07) is 0.159. The summed E-state index contributed by atoms with van der Waals surface area (Å²) < 4.78 is 1.91. The van der Waals surface area contributed by atoms with Crippen molar-refractivity contribution in [1.82, 2.24) is 14.9 Å². The van der Waals surface area contributed by atoms with E-state index in [0.29, 0.717) is 12.5 Å². The standard InChI is InChI=1S/C7H11N5/c1-12-3-6(10-4-12)5-2-9-7(8)11-5/h3-5H,2H2,1H3,(H3,8,9,11). The quantitative estimate of drug-likeness (QED) is 0.582. The molecule has 1 aliphatic rings. The molecule has 64 valence electrons. The second-order valence-electron chi connectivity index (χ2n) is 2.89. The minimum absolute atomic E-state index is 0.159. The number of aliphatic imine (C=N–C) groups is 1. The van der Waals surface area contributed by atoms with Crippen molar-refractivity contribution < 1.29 is 0 Å². The summed E-state index contributed by atoms with van der Waals surface area (Å²) >= 11 is 0. The van der Waals surface area contributed by atoms with Gasteiger partial charge in [-0.1, -0.05) is 0 Å². The molecule has 1 aromatic heterocycles. The smallest absolute Gasteiger partial charge is 0.189 e. The molecule has 3 N–H and O–H groups in total. The highest BCUT2D eigenvalue weighted by Crippen LogP contribution is 2.12. The monoisotopic (exact) mass is 165 g/mol. The number of hydrogen-bond donors (Lipinski definition) is 2. The van der Waals surface area contributed by atoms with Gasteiger partial charge in [-0.3, -0.25) is 4.99 Å². The summed E-state index contributed by atoms with van der Waals surface area (Å²) in [5.41, 5.74) is 6.46. The number of nitrogens with one attached hydrogen (secondary N) is 1. The van der Waals surface area contributed by atoms with E-state index in [0.717, 1.165) is 5.69 Å². The normalized spacial score (nSPS) is 22.1. The summed E-state index contributed by atoms with van der Waals surface area (Å²) in [5, 5.41) is 3.04. The molecule has 1 aromatic rings. The molecular weight excluding hydrogens is 154 g/mol. The molecule has 2 rings (SSSR count). The molecule has 0 amide bonds. The molecule has 0 spiro atoms. The van der Waals surface area contributed by atoms with Gasteiger partial charge in [-0.05, 0) is 0 Å². The topological polar surface area (TPSA) is 68.2 Å². The minimum Gasteiger partial charge on any atom is -0.370 e. The Bertz CT molecular complexity index is 313. The predicted octanol–water partition coefficient (Wildman–Crippen LogP) is -0.621. The molecule has 0 aliphatic carbocycles. The number of rotatable bonds is 1. The van der Waals surface area contributed by atoms with Crippen LogP contribution in [-0.2, 0) is 7.05 Å². The fraction of sp³-hybridized carbons (Fsp3) is 0.429. The Morgan fingerprint density at radius 2 is 2.58 bits per heavy atom. The number of imidazole rings is 1. The summed E-state index contributed by atoms with van der Waals surface area (Å²) in [5.74, 6) is 0.505. The van der Waals surface area contributed by atoms with E-state index in [4.69, 9.17) is 5.73 Å². The molecule has 0 aromatic carbocycles. The maximum Gasteiger partial charge on any atom is 0.189 e. The second-order valence-corrected chi connectivity index (χ2v) is 2.89. The minimum atomic E-state index is 0.159. The second kappa shape index (κ2) is 2.51. The van der Waals surface area contributed by atoms with Crippen molar-refractivity contribution in [2.75, 3.05) is 6.54 Å². The van der Waals surface area contributed by atoms with Crippen LogP contribution >= 0.6 is 0 Å². The molecule has 1 atom stereocenters. The van der Waals surface area contributed by atoms with Crippen LogP contribution in [-0.4, -0.2) is 22.1 Å². The summed E-state index contributed by atoms with van der Waals surface area (Å²) in [6.45, 7) is 0.683. The zero-order valence-corrected chi connectivity index (χ0v) is 6.86. The molecule has 5 nitrogen and oxygen atoms in total. The van der Waals surface area contributed by atoms with Crippen molar-refractivity contribution in [3.05, 3.63) is 18.2 Å². The first-order chi connectivity index (χ1) is 5.75. The fourth-order valence-electron chi connectivity index (χ4n) is 1.24. The van der Waals surface area contributed by atoms with Gasteiger partial charge in [0.25, 0.3) is 0 Å². The molecule has 1 unspecified atom stereocenters. The van der Waals surface area contributed by atoms with Gasteiger partial charge in [-0.25, -0.2) is 4.98 Å². The molecule has 1 aliphatic heterocycles. The van der Waals surface area contributed by atoms with Crippen molar-refractivity contribution in [2.45, 2.75) is 6.04 Å². The van der Waals surface area contributed by atoms with Crippen LogP contribution in [0.1, 0.15) is 11.7 Å². The lowest BCUT2D eigenvalue weighted by Crippen LogP contribution is -2.29. The van der Waals surface area contributed by atoms with Gasteiger partial charge in [0.2, 0.25) is 0 Å². The highest BCUT2D eigenvalue weighted by Gasteiger charge is 2.18. The van der Waals surface area contributed by atoms with Crippen LogP contribution in [0.2, 0.25) is 0 Å². The van der Waals surface area contributed by atoms with Crippen LogP contribution in [0.15, 0.2) is 17.5 Å². The van der Waals surface area contributed by atoms with Crippen LogP contribution in [0.3, 0.4) is 0 Å². The molecule has 0 saturated heterocycles. The van der Waals surface area contributed by atoms with Gasteiger partial charge in [0.15, 0.2) is 5.96 Å². The van der Waals surface area contributed by atoms with E-state index in [1.807, 2.05) is 17.8 Å². The molecule has 12 heavy (non-hydrogen) atoms. The Balaban J connectivity index is 2.13. The third-order valence-electron chi connectivity index (χ3n) is 1.85. The Labute approximate surface area is 70.3 Å². The summed E-state index contributed by atoms with van der Waals surface area (Å²) in [4.78, 5) is 8.24. The summed E-state index contributed by atoms with van der Waals surface area (Å²) in [6.07, 6.45) is 3.73. The first kappa shape index (κ1) is 7.15. The lowest BCUT2D eigenvalue weighted by molar-refractivity contribution is 0.686. The van der Waals surface area contributed by atoms with Gasteiger partial charge in [0.1, 0.15) is 0 Å². The van der Waals surface area contributed by atoms with Gasteiger partial charge in [0.05, 0.1) is 24.6 Å². The Morgan fingerprint density at radius 1 is 1.75 bits per heavy atom. The van der Waals surface area contributed by atoms with Gasteiger partial charge in [-0.15, -0.1) is 0 Å². The van der Waals surface area contributed by atoms with E-state index < -0.39 is 0 Å². The van der Waals surface area contributed by atoms with E-state index in [1.54, 1.807) is 6.33 Å². The molecule has 5 heteroatoms. The van der Waals surface area contributed by atoms with Gasteiger partial charge < -0.3 is 15.6 Å². The van der Waals surface area contributed by atoms with E-state index in [9.17, 15) is 0 Å². The van der Waals surface area contributed by atoms with Crippen molar-refractivity contribution in [1.29, 1.82) is 0 Å². The van der Waals surface area contributed by atoms with Gasteiger partial charge in [0, 0.05) is 13.2 Å². The number of nitrogens with two attached hydrogens (primary N) is 1. The van der Waals surface area contributed by atoms with Crippen molar-refractivity contribution in [2.24, 2.45) is 17.8 Å². The predicted molar refractivity (Wildman–Crippen MR) is 45.6 cm³/mol. The first-order valence-electron chi connectivity index (χ1n) is 3.80. The third kappa shape index (κ3) is 1.13. The average Bonchev–Trinajstić information content (AvgIpc) is 2.58. The van der Waals surface area contributed by atoms with E-state index in [2.05, 4.69) is 15.3 Å². The molecule has 0 saturated carbocycles. The lowest BCUT2D eigenvalue weighted by Gasteiger charge is -2.05. The van der Waals surface area contributed by atoms with Crippen LogP contribution in [0.25, 0.3) is 0 Å². The van der Waals surface area contributed by atoms with Crippen LogP contribution in [0.5, 0.6) is 0 Å². The fourth-order valence-corrected chi connectivity index (χ4v) is 1.24. The molecule has 0 bridgehead atoms. The van der Waals surface area contributed by atoms with Crippen LogP contribution in [0, 0.1) is 0 Å². The number of nitrogens with zero attached hydrogens (tertiary/aromatic N) is 3. The van der Waals surface area contributed by atoms with Crippen molar-refractivity contribution >= 4 is 5.96 Å². The molecule has 0 radical (unpaired) electrons. The Kier molecular flexibility index (Phi) is 1.49. The van der Waals surface area contributed by atoms with Crippen molar-refractivity contribution in [3.63, 3.8) is 0 Å². The van der Waals surface area contributed by atoms with Gasteiger partial charge in [-0.2, -0.15) is 0 Å². The number of aryl methyl sites for hydroxylation is 1. The van der Waals surface area contributed by atoms with Crippen LogP contribution < -0.4 is 11.1 Å². The third-order valence-corrected chi connectivity index (χ3v) is 1.85. The SMILES string of the molecule is Cn1cnc(C2CN=C(N)N2)c1. The van der Waals surface area contributed by atoms with E-state index in [-0.39, 0.29) is 6.04 Å². The highest BCUT2D eigenvalue weighted by molar-refractivity contribution is 5.79. The Hall–Kier alpha value is -1.52. The first-order valence-corrected chi connectivity index (χ1v) is 3.80. The average molecular weight is 165 g/mol. The van der Waals surface area contributed by atoms with Gasteiger partial charge >= 0.3 is 0 Å². The lowest BCUT2D eigenvalue weighted by atomic mass is 10.2. The van der Waals surface area contributed by atoms with E-state index in [1.165, 1.54) is 0 Å². The maximum atomic E-state index is 5.47. The molecule has 2 heterocycles. The van der Waals surface area contributed by atoms with E-state index >= 15 is 0 Å². The number of guanidine groups is 1. The highest BCUT2D eigenvalue weighted by atomic mass is 15.2. The largest absolute Gasteiger partial charge is 0.370 e. The zero-order chi connectivity index (χ0) is 8.55. The number of hydrogen-bond acceptors (Lipinski definition) is 4. The zero-order valence-electron chi connectivity index (χ0n) is 6.86. The Morgan fingerprint density at radius 3 is 3.08 bits per heavy atom. The number of aromatic nitrogens is 2.